The minimum atomic E-state index is -0.944. The van der Waals surface area contributed by atoms with E-state index >= 15 is 0 Å². The Kier molecular flexibility index (Phi) is 8.89. The summed E-state index contributed by atoms with van der Waals surface area (Å²) in [6, 6.07) is 25.2. The van der Waals surface area contributed by atoms with E-state index < -0.39 is 29.4 Å². The highest BCUT2D eigenvalue weighted by Crippen LogP contribution is 2.35. The van der Waals surface area contributed by atoms with Gasteiger partial charge in [0.05, 0.1) is 35.1 Å². The fraction of sp³-hybridized carbons (Fsp3) is 0.167. The van der Waals surface area contributed by atoms with Gasteiger partial charge in [-0.3, -0.25) is 9.36 Å². The molecule has 10 heteroatoms. The van der Waals surface area contributed by atoms with Crippen molar-refractivity contribution in [3.63, 3.8) is 0 Å². The smallest absolute Gasteiger partial charge is 0.344 e. The van der Waals surface area contributed by atoms with E-state index in [0.717, 1.165) is 22.1 Å². The molecule has 0 unspecified atom stereocenters. The summed E-state index contributed by atoms with van der Waals surface area (Å²) in [5, 5.41) is 1.71. The maximum atomic E-state index is 14.4. The van der Waals surface area contributed by atoms with E-state index in [-0.39, 0.29) is 25.4 Å². The SMILES string of the molecule is CCOC(=O)COc1ccc2ccccc2c1/C=c1\sc2n(c1=O)[C@H](c1ccc(F)cc1)C(C(=O)OCC)=C(c1ccccc1)N=2. The number of carbonyl (C=O) groups excluding carboxylic acids is 2. The van der Waals surface area contributed by atoms with Crippen LogP contribution >= 0.6 is 11.3 Å². The fourth-order valence-corrected chi connectivity index (χ4v) is 6.40. The van der Waals surface area contributed by atoms with Gasteiger partial charge in [-0.25, -0.2) is 19.0 Å². The van der Waals surface area contributed by atoms with Gasteiger partial charge in [-0.15, -0.1) is 0 Å². The number of hydrogen-bond acceptors (Lipinski definition) is 8. The van der Waals surface area contributed by atoms with Crippen LogP contribution in [0, 0.1) is 5.82 Å². The van der Waals surface area contributed by atoms with Crippen molar-refractivity contribution in [2.24, 2.45) is 4.99 Å². The number of ether oxygens (including phenoxy) is 3. The number of carbonyl (C=O) groups is 2. The predicted molar refractivity (Wildman–Crippen MR) is 174 cm³/mol. The van der Waals surface area contributed by atoms with Crippen molar-refractivity contribution < 1.29 is 28.2 Å². The molecular formula is C36H29FN2O6S. The van der Waals surface area contributed by atoms with Gasteiger partial charge in [-0.2, -0.15) is 0 Å². The Morgan fingerprint density at radius 3 is 2.37 bits per heavy atom. The lowest BCUT2D eigenvalue weighted by Crippen LogP contribution is -2.40. The van der Waals surface area contributed by atoms with Crippen LogP contribution in [0.1, 0.15) is 36.6 Å². The summed E-state index contributed by atoms with van der Waals surface area (Å²) in [5.41, 5.74) is 1.91. The second kappa shape index (κ2) is 13.3. The maximum Gasteiger partial charge on any atom is 0.344 e. The molecule has 0 bridgehead atoms. The van der Waals surface area contributed by atoms with Crippen LogP contribution in [0.2, 0.25) is 0 Å². The third kappa shape index (κ3) is 5.99. The molecule has 0 N–H and O–H groups in total. The topological polar surface area (TPSA) is 96.2 Å². The van der Waals surface area contributed by atoms with E-state index in [1.165, 1.54) is 16.7 Å². The van der Waals surface area contributed by atoms with Crippen molar-refractivity contribution >= 4 is 45.8 Å². The van der Waals surface area contributed by atoms with Crippen molar-refractivity contribution in [1.29, 1.82) is 0 Å². The molecule has 1 aliphatic heterocycles. The molecule has 46 heavy (non-hydrogen) atoms. The number of rotatable bonds is 9. The van der Waals surface area contributed by atoms with Gasteiger partial charge < -0.3 is 14.2 Å². The lowest BCUT2D eigenvalue weighted by Gasteiger charge is -2.25. The van der Waals surface area contributed by atoms with Crippen molar-refractivity contribution in [2.75, 3.05) is 19.8 Å². The molecule has 0 fully saturated rings. The van der Waals surface area contributed by atoms with Crippen molar-refractivity contribution in [3.05, 3.63) is 139 Å². The predicted octanol–water partition coefficient (Wildman–Crippen LogP) is 5.17. The number of thiazole rings is 1. The first-order valence-electron chi connectivity index (χ1n) is 14.7. The molecule has 232 valence electrons. The number of esters is 2. The summed E-state index contributed by atoms with van der Waals surface area (Å²) < 4.78 is 32.3. The molecule has 1 aromatic heterocycles. The van der Waals surface area contributed by atoms with Crippen LogP contribution in [0.25, 0.3) is 22.5 Å². The van der Waals surface area contributed by atoms with Crippen LogP contribution in [-0.4, -0.2) is 36.3 Å². The number of aromatic nitrogens is 1. The van der Waals surface area contributed by atoms with E-state index in [1.807, 2.05) is 60.7 Å². The second-order valence-corrected chi connectivity index (χ2v) is 11.3. The lowest BCUT2D eigenvalue weighted by atomic mass is 9.93. The molecule has 1 aliphatic rings. The van der Waals surface area contributed by atoms with Crippen LogP contribution in [0.4, 0.5) is 4.39 Å². The lowest BCUT2D eigenvalue weighted by molar-refractivity contribution is -0.145. The third-order valence-electron chi connectivity index (χ3n) is 7.42. The Balaban J connectivity index is 1.61. The van der Waals surface area contributed by atoms with Gasteiger partial charge in [0.1, 0.15) is 11.6 Å². The molecule has 8 nitrogen and oxygen atoms in total. The van der Waals surface area contributed by atoms with Crippen LogP contribution in [0.15, 0.2) is 106 Å². The molecule has 0 aliphatic carbocycles. The minimum absolute atomic E-state index is 0.112. The van der Waals surface area contributed by atoms with Gasteiger partial charge in [0, 0.05) is 11.1 Å². The first-order chi connectivity index (χ1) is 22.4. The molecule has 0 saturated carbocycles. The zero-order valence-corrected chi connectivity index (χ0v) is 25.9. The van der Waals surface area contributed by atoms with Gasteiger partial charge in [0.15, 0.2) is 11.4 Å². The summed E-state index contributed by atoms with van der Waals surface area (Å²) >= 11 is 1.15. The molecule has 4 aromatic carbocycles. The molecule has 5 aromatic rings. The first kappa shape index (κ1) is 30.7. The second-order valence-electron chi connectivity index (χ2n) is 10.3. The average Bonchev–Trinajstić information content (AvgIpc) is 3.38. The molecule has 0 radical (unpaired) electrons. The van der Waals surface area contributed by atoms with Crippen molar-refractivity contribution in [3.8, 4) is 5.75 Å². The zero-order valence-electron chi connectivity index (χ0n) is 25.1. The average molecular weight is 637 g/mol. The Morgan fingerprint density at radius 1 is 0.913 bits per heavy atom. The molecule has 6 rings (SSSR count). The van der Waals surface area contributed by atoms with Gasteiger partial charge in [-0.1, -0.05) is 84.1 Å². The Morgan fingerprint density at radius 2 is 1.63 bits per heavy atom. The minimum Gasteiger partial charge on any atom is -0.481 e. The number of fused-ring (bicyclic) bond motifs is 2. The molecule has 0 saturated heterocycles. The first-order valence-corrected chi connectivity index (χ1v) is 15.5. The van der Waals surface area contributed by atoms with E-state index in [4.69, 9.17) is 19.2 Å². The quantitative estimate of drug-likeness (QED) is 0.207. The Labute approximate surface area is 267 Å². The van der Waals surface area contributed by atoms with Crippen LogP contribution < -0.4 is 19.6 Å². The van der Waals surface area contributed by atoms with E-state index in [2.05, 4.69) is 0 Å². The summed E-state index contributed by atoms with van der Waals surface area (Å²) in [6.45, 7) is 3.45. The largest absolute Gasteiger partial charge is 0.481 e. The Bertz CT molecular complexity index is 2150. The van der Waals surface area contributed by atoms with Crippen LogP contribution in [0.5, 0.6) is 5.75 Å². The highest BCUT2D eigenvalue weighted by atomic mass is 32.1. The molecule has 0 amide bonds. The fourth-order valence-electron chi connectivity index (χ4n) is 5.42. The molecule has 2 heterocycles. The standard InChI is InChI=1S/C36H29FN2O6S/c1-3-43-30(40)21-45-28-19-16-22-10-8-9-13-26(22)27(28)20-29-34(41)39-33(24-14-17-25(37)18-15-24)31(35(42)44-4-2)32(38-36(39)46-29)23-11-6-5-7-12-23/h5-20,33H,3-4,21H2,1-2H3/b29-20-/t33-/m1/s1. The zero-order chi connectivity index (χ0) is 32.2. The molecular weight excluding hydrogens is 607 g/mol. The van der Waals surface area contributed by atoms with E-state index in [0.29, 0.717) is 37.5 Å². The number of hydrogen-bond donors (Lipinski definition) is 0. The highest BCUT2D eigenvalue weighted by molar-refractivity contribution is 7.07. The van der Waals surface area contributed by atoms with Gasteiger partial charge in [0.2, 0.25) is 0 Å². The van der Waals surface area contributed by atoms with Gasteiger partial charge >= 0.3 is 11.9 Å². The summed E-state index contributed by atoms with van der Waals surface area (Å²) in [7, 11) is 0. The third-order valence-corrected chi connectivity index (χ3v) is 8.40. The Hall–Kier alpha value is -5.35. The van der Waals surface area contributed by atoms with Crippen LogP contribution in [-0.2, 0) is 19.1 Å². The van der Waals surface area contributed by atoms with Gasteiger partial charge in [-0.05, 0) is 54.5 Å². The van der Waals surface area contributed by atoms with Crippen molar-refractivity contribution in [1.82, 2.24) is 4.57 Å². The highest BCUT2D eigenvalue weighted by Gasteiger charge is 2.35. The van der Waals surface area contributed by atoms with Gasteiger partial charge in [0.25, 0.3) is 5.56 Å². The number of nitrogens with zero attached hydrogens (tertiary/aromatic N) is 2. The molecule has 0 spiro atoms. The van der Waals surface area contributed by atoms with Crippen molar-refractivity contribution in [2.45, 2.75) is 19.9 Å². The normalized spacial score (nSPS) is 14.5. The molecule has 1 atom stereocenters. The maximum absolute atomic E-state index is 14.4. The number of halogens is 1. The van der Waals surface area contributed by atoms with E-state index in [9.17, 15) is 18.8 Å². The van der Waals surface area contributed by atoms with Crippen LogP contribution in [0.3, 0.4) is 0 Å². The summed E-state index contributed by atoms with van der Waals surface area (Å²) in [4.78, 5) is 45.3. The number of benzene rings is 4. The summed E-state index contributed by atoms with van der Waals surface area (Å²) in [6.07, 6.45) is 1.71. The van der Waals surface area contributed by atoms with E-state index in [1.54, 1.807) is 38.1 Å². The monoisotopic (exact) mass is 636 g/mol. The summed E-state index contributed by atoms with van der Waals surface area (Å²) in [5.74, 6) is -1.20.